The summed E-state index contributed by atoms with van der Waals surface area (Å²) in [6.07, 6.45) is -4.98. The Balaban J connectivity index is 1.82. The Bertz CT molecular complexity index is 487. The largest absolute Gasteiger partial charge is 0.418 e. The van der Waals surface area contributed by atoms with Crippen LogP contribution in [0.15, 0.2) is 30.3 Å². The molecule has 1 heterocycles. The molecule has 2 rings (SSSR count). The molecule has 0 bridgehead atoms. The predicted octanol–water partition coefficient (Wildman–Crippen LogP) is 2.85. The van der Waals surface area contributed by atoms with Crippen molar-refractivity contribution in [3.05, 3.63) is 35.9 Å². The van der Waals surface area contributed by atoms with Gasteiger partial charge in [-0.2, -0.15) is 13.2 Å². The highest BCUT2D eigenvalue weighted by atomic mass is 19.4. The van der Waals surface area contributed by atoms with Crippen LogP contribution < -0.4 is 5.32 Å². The molecule has 128 valence electrons. The number of nitrogens with one attached hydrogen (secondary N) is 1. The zero-order valence-corrected chi connectivity index (χ0v) is 12.6. The van der Waals surface area contributed by atoms with Crippen molar-refractivity contribution in [2.75, 3.05) is 26.4 Å². The van der Waals surface area contributed by atoms with Crippen LogP contribution in [0.3, 0.4) is 0 Å². The molecule has 4 nitrogen and oxygen atoms in total. The minimum atomic E-state index is -4.57. The first-order chi connectivity index (χ1) is 11.0. The second-order valence-electron chi connectivity index (χ2n) is 5.50. The standard InChI is InChI=1S/C16H20F3NO3/c17-16(18,19)15(13-4-2-1-3-5-13)23-11-14(21)20-10-12-6-8-22-9-7-12/h1-5,12,15H,6-11H2,(H,20,21)/t15-/m1/s1. The van der Waals surface area contributed by atoms with Crippen molar-refractivity contribution in [3.63, 3.8) is 0 Å². The molecule has 1 aliphatic rings. The lowest BCUT2D eigenvalue weighted by Gasteiger charge is -2.23. The number of halogens is 3. The third kappa shape index (κ3) is 5.84. The third-order valence-electron chi connectivity index (χ3n) is 3.71. The summed E-state index contributed by atoms with van der Waals surface area (Å²) in [6.45, 7) is 1.12. The number of carbonyl (C=O) groups excluding carboxylic acids is 1. The van der Waals surface area contributed by atoms with E-state index < -0.39 is 24.8 Å². The summed E-state index contributed by atoms with van der Waals surface area (Å²) in [5.41, 5.74) is -0.0165. The lowest BCUT2D eigenvalue weighted by Crippen LogP contribution is -2.36. The van der Waals surface area contributed by atoms with E-state index in [9.17, 15) is 18.0 Å². The minimum absolute atomic E-state index is 0.0165. The Morgan fingerprint density at radius 3 is 2.52 bits per heavy atom. The van der Waals surface area contributed by atoms with Crippen LogP contribution in [0.4, 0.5) is 13.2 Å². The van der Waals surface area contributed by atoms with Gasteiger partial charge in [-0.1, -0.05) is 30.3 Å². The van der Waals surface area contributed by atoms with Crippen molar-refractivity contribution in [1.82, 2.24) is 5.32 Å². The number of ether oxygens (including phenoxy) is 2. The summed E-state index contributed by atoms with van der Waals surface area (Å²) in [4.78, 5) is 11.7. The van der Waals surface area contributed by atoms with Crippen LogP contribution in [0.2, 0.25) is 0 Å². The number of alkyl halides is 3. The Hall–Kier alpha value is -1.60. The average molecular weight is 331 g/mol. The van der Waals surface area contributed by atoms with E-state index in [2.05, 4.69) is 5.32 Å². The average Bonchev–Trinajstić information content (AvgIpc) is 2.54. The molecule has 23 heavy (non-hydrogen) atoms. The van der Waals surface area contributed by atoms with E-state index >= 15 is 0 Å². The fourth-order valence-corrected chi connectivity index (χ4v) is 2.43. The van der Waals surface area contributed by atoms with Crippen molar-refractivity contribution in [3.8, 4) is 0 Å². The molecular formula is C16H20F3NO3. The van der Waals surface area contributed by atoms with E-state index in [0.29, 0.717) is 25.7 Å². The van der Waals surface area contributed by atoms with Crippen LogP contribution in [0.5, 0.6) is 0 Å². The van der Waals surface area contributed by atoms with Crippen LogP contribution in [-0.4, -0.2) is 38.4 Å². The topological polar surface area (TPSA) is 47.6 Å². The molecule has 0 unspecified atom stereocenters. The van der Waals surface area contributed by atoms with E-state index in [4.69, 9.17) is 9.47 Å². The summed E-state index contributed by atoms with van der Waals surface area (Å²) in [6, 6.07) is 7.29. The third-order valence-corrected chi connectivity index (χ3v) is 3.71. The summed E-state index contributed by atoms with van der Waals surface area (Å²) < 4.78 is 49.2. The van der Waals surface area contributed by atoms with E-state index in [1.165, 1.54) is 24.3 Å². The van der Waals surface area contributed by atoms with Gasteiger partial charge < -0.3 is 14.8 Å². The summed E-state index contributed by atoms with van der Waals surface area (Å²) in [7, 11) is 0. The molecule has 7 heteroatoms. The first kappa shape index (κ1) is 17.7. The SMILES string of the molecule is O=C(CO[C@H](c1ccccc1)C(F)(F)F)NCC1CCOCC1. The molecule has 0 aromatic heterocycles. The first-order valence-corrected chi connectivity index (χ1v) is 7.54. The van der Waals surface area contributed by atoms with E-state index in [0.717, 1.165) is 12.8 Å². The summed E-state index contributed by atoms with van der Waals surface area (Å²) in [5.74, 6) is -0.234. The lowest BCUT2D eigenvalue weighted by molar-refractivity contribution is -0.223. The quantitative estimate of drug-likeness (QED) is 0.872. The van der Waals surface area contributed by atoms with Gasteiger partial charge in [-0.15, -0.1) is 0 Å². The predicted molar refractivity (Wildman–Crippen MR) is 77.7 cm³/mol. The molecule has 1 aliphatic heterocycles. The van der Waals surface area contributed by atoms with Crippen molar-refractivity contribution in [1.29, 1.82) is 0 Å². The Morgan fingerprint density at radius 1 is 1.26 bits per heavy atom. The summed E-state index contributed by atoms with van der Waals surface area (Å²) >= 11 is 0. The number of benzene rings is 1. The van der Waals surface area contributed by atoms with Gasteiger partial charge in [-0.3, -0.25) is 4.79 Å². The first-order valence-electron chi connectivity index (χ1n) is 7.54. The van der Waals surface area contributed by atoms with Crippen LogP contribution in [-0.2, 0) is 14.3 Å². The molecule has 1 aromatic carbocycles. The molecule has 1 aromatic rings. The molecule has 0 saturated carbocycles. The van der Waals surface area contributed by atoms with Gasteiger partial charge in [-0.05, 0) is 24.3 Å². The van der Waals surface area contributed by atoms with Gasteiger partial charge in [0.2, 0.25) is 5.91 Å². The number of rotatable bonds is 6. The normalized spacial score (nSPS) is 17.7. The van der Waals surface area contributed by atoms with Crippen molar-refractivity contribution < 1.29 is 27.4 Å². The fourth-order valence-electron chi connectivity index (χ4n) is 2.43. The molecule has 0 spiro atoms. The molecule has 0 radical (unpaired) electrons. The summed E-state index contributed by atoms with van der Waals surface area (Å²) in [5, 5.41) is 2.62. The molecule has 1 saturated heterocycles. The van der Waals surface area contributed by atoms with Gasteiger partial charge in [0.05, 0.1) is 0 Å². The maximum Gasteiger partial charge on any atom is 0.418 e. The number of carbonyl (C=O) groups is 1. The Labute approximate surface area is 133 Å². The number of amides is 1. The number of hydrogen-bond acceptors (Lipinski definition) is 3. The highest BCUT2D eigenvalue weighted by Gasteiger charge is 2.42. The maximum absolute atomic E-state index is 13.1. The minimum Gasteiger partial charge on any atom is -0.381 e. The van der Waals surface area contributed by atoms with Gasteiger partial charge in [0.15, 0.2) is 6.10 Å². The zero-order chi connectivity index (χ0) is 16.7. The van der Waals surface area contributed by atoms with Gasteiger partial charge in [-0.25, -0.2) is 0 Å². The van der Waals surface area contributed by atoms with Crippen LogP contribution in [0, 0.1) is 5.92 Å². The van der Waals surface area contributed by atoms with Crippen molar-refractivity contribution in [2.45, 2.75) is 25.1 Å². The highest BCUT2D eigenvalue weighted by molar-refractivity contribution is 5.77. The van der Waals surface area contributed by atoms with Crippen LogP contribution >= 0.6 is 0 Å². The van der Waals surface area contributed by atoms with E-state index in [1.54, 1.807) is 6.07 Å². The van der Waals surface area contributed by atoms with Crippen molar-refractivity contribution >= 4 is 5.91 Å². The smallest absolute Gasteiger partial charge is 0.381 e. The van der Waals surface area contributed by atoms with Gasteiger partial charge in [0, 0.05) is 19.8 Å². The van der Waals surface area contributed by atoms with Gasteiger partial charge >= 0.3 is 6.18 Å². The molecule has 1 fully saturated rings. The fraction of sp³-hybridized carbons (Fsp3) is 0.562. The van der Waals surface area contributed by atoms with E-state index in [-0.39, 0.29) is 5.56 Å². The molecule has 1 atom stereocenters. The second-order valence-corrected chi connectivity index (χ2v) is 5.50. The lowest BCUT2D eigenvalue weighted by atomic mass is 10.0. The van der Waals surface area contributed by atoms with Crippen LogP contribution in [0.25, 0.3) is 0 Å². The number of hydrogen-bond donors (Lipinski definition) is 1. The zero-order valence-electron chi connectivity index (χ0n) is 12.6. The second kappa shape index (κ2) is 8.31. The monoisotopic (exact) mass is 331 g/mol. The van der Waals surface area contributed by atoms with E-state index in [1.807, 2.05) is 0 Å². The molecule has 0 aliphatic carbocycles. The Kier molecular flexibility index (Phi) is 6.41. The molecule has 1 N–H and O–H groups in total. The van der Waals surface area contributed by atoms with Gasteiger partial charge in [0.25, 0.3) is 0 Å². The molecular weight excluding hydrogens is 311 g/mol. The highest BCUT2D eigenvalue weighted by Crippen LogP contribution is 2.35. The maximum atomic E-state index is 13.1. The van der Waals surface area contributed by atoms with Crippen LogP contribution in [0.1, 0.15) is 24.5 Å². The molecule has 1 amide bonds. The Morgan fingerprint density at radius 2 is 1.91 bits per heavy atom. The van der Waals surface area contributed by atoms with Gasteiger partial charge in [0.1, 0.15) is 6.61 Å². The van der Waals surface area contributed by atoms with Crippen molar-refractivity contribution in [2.24, 2.45) is 5.92 Å².